The fourth-order valence-corrected chi connectivity index (χ4v) is 2.39. The molecular formula is C16H24N2O3. The van der Waals surface area contributed by atoms with E-state index in [4.69, 9.17) is 10.8 Å². The molecule has 1 aromatic rings. The van der Waals surface area contributed by atoms with E-state index in [9.17, 15) is 9.59 Å². The molecule has 5 heteroatoms. The Bertz CT molecular complexity index is 512. The van der Waals surface area contributed by atoms with Gasteiger partial charge in [-0.25, -0.2) is 4.79 Å². The van der Waals surface area contributed by atoms with Gasteiger partial charge in [-0.2, -0.15) is 0 Å². The van der Waals surface area contributed by atoms with Crippen molar-refractivity contribution in [2.45, 2.75) is 33.6 Å². The van der Waals surface area contributed by atoms with Crippen molar-refractivity contribution in [2.75, 3.05) is 11.9 Å². The maximum atomic E-state index is 12.0. The molecule has 1 atom stereocenters. The maximum absolute atomic E-state index is 12.0. The molecule has 1 unspecified atom stereocenters. The number of rotatable bonds is 7. The fourth-order valence-electron chi connectivity index (χ4n) is 2.39. The van der Waals surface area contributed by atoms with Crippen LogP contribution < -0.4 is 11.1 Å². The summed E-state index contributed by atoms with van der Waals surface area (Å²) in [6, 6.07) is 4.78. The van der Waals surface area contributed by atoms with Crippen molar-refractivity contribution < 1.29 is 14.7 Å². The van der Waals surface area contributed by atoms with E-state index in [1.54, 1.807) is 19.1 Å². The Hall–Kier alpha value is -1.88. The van der Waals surface area contributed by atoms with Crippen molar-refractivity contribution in [3.8, 4) is 0 Å². The Morgan fingerprint density at radius 3 is 2.48 bits per heavy atom. The van der Waals surface area contributed by atoms with E-state index in [2.05, 4.69) is 19.2 Å². The molecule has 1 rings (SSSR count). The van der Waals surface area contributed by atoms with Crippen LogP contribution in [-0.2, 0) is 4.79 Å². The number of nitrogens with one attached hydrogen (secondary N) is 1. The number of aryl methyl sites for hydroxylation is 1. The van der Waals surface area contributed by atoms with E-state index >= 15 is 0 Å². The van der Waals surface area contributed by atoms with Gasteiger partial charge in [-0.15, -0.1) is 0 Å². The zero-order valence-corrected chi connectivity index (χ0v) is 12.8. The maximum Gasteiger partial charge on any atom is 0.335 e. The van der Waals surface area contributed by atoms with Crippen molar-refractivity contribution in [3.63, 3.8) is 0 Å². The van der Waals surface area contributed by atoms with E-state index < -0.39 is 5.97 Å². The number of carboxylic acid groups (broad SMARTS) is 1. The second kappa shape index (κ2) is 7.78. The summed E-state index contributed by atoms with van der Waals surface area (Å²) in [6.45, 7) is 6.41. The first-order chi connectivity index (χ1) is 9.83. The zero-order valence-electron chi connectivity index (χ0n) is 12.8. The summed E-state index contributed by atoms with van der Waals surface area (Å²) < 4.78 is 0. The number of carboxylic acids is 1. The molecule has 0 fully saturated rings. The summed E-state index contributed by atoms with van der Waals surface area (Å²) in [7, 11) is 0. The van der Waals surface area contributed by atoms with Gasteiger partial charge >= 0.3 is 5.97 Å². The van der Waals surface area contributed by atoms with Gasteiger partial charge in [-0.1, -0.05) is 13.8 Å². The van der Waals surface area contributed by atoms with Crippen LogP contribution in [0.4, 0.5) is 5.69 Å². The molecule has 0 radical (unpaired) electrons. The predicted molar refractivity (Wildman–Crippen MR) is 83.4 cm³/mol. The van der Waals surface area contributed by atoms with Gasteiger partial charge in [-0.05, 0) is 55.5 Å². The third-order valence-corrected chi connectivity index (χ3v) is 3.35. The first-order valence-electron chi connectivity index (χ1n) is 7.17. The molecule has 0 spiro atoms. The number of hydrogen-bond donors (Lipinski definition) is 3. The lowest BCUT2D eigenvalue weighted by Gasteiger charge is -2.16. The molecule has 0 saturated heterocycles. The van der Waals surface area contributed by atoms with Crippen LogP contribution >= 0.6 is 0 Å². The first kappa shape index (κ1) is 17.2. The Morgan fingerprint density at radius 2 is 2.00 bits per heavy atom. The van der Waals surface area contributed by atoms with Gasteiger partial charge in [0.1, 0.15) is 0 Å². The normalized spacial score (nSPS) is 12.2. The van der Waals surface area contributed by atoms with Crippen LogP contribution in [0.5, 0.6) is 0 Å². The average molecular weight is 292 g/mol. The van der Waals surface area contributed by atoms with Gasteiger partial charge < -0.3 is 16.2 Å². The van der Waals surface area contributed by atoms with Crippen LogP contribution in [0.25, 0.3) is 0 Å². The summed E-state index contributed by atoms with van der Waals surface area (Å²) in [5.41, 5.74) is 7.17. The first-order valence-corrected chi connectivity index (χ1v) is 7.17. The van der Waals surface area contributed by atoms with Crippen LogP contribution in [0, 0.1) is 18.8 Å². The van der Waals surface area contributed by atoms with E-state index in [0.29, 0.717) is 30.1 Å². The van der Waals surface area contributed by atoms with Crippen molar-refractivity contribution in [3.05, 3.63) is 29.3 Å². The summed E-state index contributed by atoms with van der Waals surface area (Å²) in [5, 5.41) is 11.8. The highest BCUT2D eigenvalue weighted by Gasteiger charge is 2.15. The highest BCUT2D eigenvalue weighted by atomic mass is 16.4. The van der Waals surface area contributed by atoms with Crippen LogP contribution in [-0.4, -0.2) is 23.5 Å². The number of anilines is 1. The topological polar surface area (TPSA) is 92.4 Å². The molecule has 5 nitrogen and oxygen atoms in total. The van der Waals surface area contributed by atoms with Gasteiger partial charge in [0.2, 0.25) is 5.91 Å². The zero-order chi connectivity index (χ0) is 16.0. The molecule has 0 heterocycles. The summed E-state index contributed by atoms with van der Waals surface area (Å²) >= 11 is 0. The van der Waals surface area contributed by atoms with Crippen LogP contribution in [0.1, 0.15) is 42.6 Å². The van der Waals surface area contributed by atoms with E-state index in [1.807, 2.05) is 0 Å². The molecule has 1 aromatic carbocycles. The molecular weight excluding hydrogens is 268 g/mol. The van der Waals surface area contributed by atoms with Crippen molar-refractivity contribution in [2.24, 2.45) is 17.6 Å². The molecule has 0 aliphatic carbocycles. The van der Waals surface area contributed by atoms with E-state index in [0.717, 1.165) is 6.42 Å². The highest BCUT2D eigenvalue weighted by molar-refractivity contribution is 5.93. The smallest absolute Gasteiger partial charge is 0.335 e. The average Bonchev–Trinajstić information content (AvgIpc) is 2.36. The molecule has 116 valence electrons. The lowest BCUT2D eigenvalue weighted by atomic mass is 9.94. The molecule has 0 saturated carbocycles. The van der Waals surface area contributed by atoms with E-state index in [-0.39, 0.29) is 17.4 Å². The fraction of sp³-hybridized carbons (Fsp3) is 0.500. The number of aromatic carboxylic acids is 1. The predicted octanol–water partition coefficient (Wildman–Crippen LogP) is 2.64. The molecule has 0 aromatic heterocycles. The number of carbonyl (C=O) groups excluding carboxylic acids is 1. The minimum absolute atomic E-state index is 0.0893. The molecule has 21 heavy (non-hydrogen) atoms. The Labute approximate surface area is 125 Å². The van der Waals surface area contributed by atoms with Crippen molar-refractivity contribution in [1.29, 1.82) is 0 Å². The Kier molecular flexibility index (Phi) is 6.37. The minimum atomic E-state index is -0.967. The monoisotopic (exact) mass is 292 g/mol. The quantitative estimate of drug-likeness (QED) is 0.720. The molecule has 0 bridgehead atoms. The van der Waals surface area contributed by atoms with E-state index in [1.165, 1.54) is 6.07 Å². The number of carbonyl (C=O) groups is 2. The summed E-state index contributed by atoms with van der Waals surface area (Å²) in [5.74, 6) is -0.382. The SMILES string of the molecule is Cc1cc(NC(=O)CC(CN)CC(C)C)ccc1C(=O)O. The summed E-state index contributed by atoms with van der Waals surface area (Å²) in [4.78, 5) is 23.0. The van der Waals surface area contributed by atoms with Crippen LogP contribution in [0.2, 0.25) is 0 Å². The van der Waals surface area contributed by atoms with Crippen molar-refractivity contribution >= 4 is 17.6 Å². The lowest BCUT2D eigenvalue weighted by molar-refractivity contribution is -0.117. The minimum Gasteiger partial charge on any atom is -0.478 e. The second-order valence-electron chi connectivity index (χ2n) is 5.82. The van der Waals surface area contributed by atoms with Gasteiger partial charge in [0.25, 0.3) is 0 Å². The lowest BCUT2D eigenvalue weighted by Crippen LogP contribution is -2.23. The third-order valence-electron chi connectivity index (χ3n) is 3.35. The summed E-state index contributed by atoms with van der Waals surface area (Å²) in [6.07, 6.45) is 1.30. The molecule has 4 N–H and O–H groups in total. The number of benzene rings is 1. The number of hydrogen-bond acceptors (Lipinski definition) is 3. The third kappa shape index (κ3) is 5.55. The largest absolute Gasteiger partial charge is 0.478 e. The van der Waals surface area contributed by atoms with Crippen molar-refractivity contribution in [1.82, 2.24) is 0 Å². The number of nitrogens with two attached hydrogens (primary N) is 1. The van der Waals surface area contributed by atoms with Gasteiger partial charge in [0.05, 0.1) is 5.56 Å². The Balaban J connectivity index is 2.66. The van der Waals surface area contributed by atoms with Gasteiger partial charge in [0.15, 0.2) is 0 Å². The molecule has 1 amide bonds. The molecule has 0 aliphatic heterocycles. The highest BCUT2D eigenvalue weighted by Crippen LogP contribution is 2.18. The standard InChI is InChI=1S/C16H24N2O3/c1-10(2)6-12(9-17)8-15(19)18-13-4-5-14(16(20)21)11(3)7-13/h4-5,7,10,12H,6,8-9,17H2,1-3H3,(H,18,19)(H,20,21). The number of amides is 1. The van der Waals surface area contributed by atoms with Gasteiger partial charge in [0, 0.05) is 12.1 Å². The molecule has 0 aliphatic rings. The Morgan fingerprint density at radius 1 is 1.33 bits per heavy atom. The van der Waals surface area contributed by atoms with Crippen LogP contribution in [0.15, 0.2) is 18.2 Å². The second-order valence-corrected chi connectivity index (χ2v) is 5.82. The van der Waals surface area contributed by atoms with Crippen LogP contribution in [0.3, 0.4) is 0 Å². The van der Waals surface area contributed by atoms with Gasteiger partial charge in [-0.3, -0.25) is 4.79 Å².